The van der Waals surface area contributed by atoms with Crippen LogP contribution in [0.25, 0.3) is 0 Å². The van der Waals surface area contributed by atoms with E-state index in [2.05, 4.69) is 29.0 Å². The van der Waals surface area contributed by atoms with Gasteiger partial charge >= 0.3 is 0 Å². The predicted octanol–water partition coefficient (Wildman–Crippen LogP) is 5.76. The normalized spacial score (nSPS) is 18.1. The monoisotopic (exact) mass is 441 g/mol. The zero-order chi connectivity index (χ0) is 21.1. The molecule has 0 radical (unpaired) electrons. The maximum atomic E-state index is 11.4. The van der Waals surface area contributed by atoms with E-state index in [1.165, 1.54) is 32.1 Å². The molecule has 1 aromatic carbocycles. The molecule has 1 aromatic rings. The van der Waals surface area contributed by atoms with Crippen LogP contribution in [0.4, 0.5) is 5.69 Å². The summed E-state index contributed by atoms with van der Waals surface area (Å²) in [6, 6.07) is 6.31. The molecule has 1 saturated heterocycles. The third kappa shape index (κ3) is 8.35. The van der Waals surface area contributed by atoms with Gasteiger partial charge in [-0.15, -0.1) is 0 Å². The average molecular weight is 442 g/mol. The van der Waals surface area contributed by atoms with Crippen LogP contribution in [0, 0.1) is 0 Å². The predicted molar refractivity (Wildman–Crippen MR) is 125 cm³/mol. The summed E-state index contributed by atoms with van der Waals surface area (Å²) in [4.78, 5) is 16.1. The van der Waals surface area contributed by atoms with Crippen molar-refractivity contribution in [1.82, 2.24) is 10.2 Å². The third-order valence-electron chi connectivity index (χ3n) is 5.82. The number of piperazine rings is 1. The molecule has 1 aliphatic carbocycles. The maximum Gasteiger partial charge on any atom is 0.220 e. The molecule has 29 heavy (non-hydrogen) atoms. The Balaban J connectivity index is 0.000000212. The van der Waals surface area contributed by atoms with Crippen LogP contribution in [0.15, 0.2) is 18.2 Å². The van der Waals surface area contributed by atoms with E-state index in [1.807, 2.05) is 18.2 Å². The van der Waals surface area contributed by atoms with Crippen molar-refractivity contribution in [3.63, 3.8) is 0 Å². The molecule has 0 spiro atoms. The van der Waals surface area contributed by atoms with Crippen LogP contribution in [0.2, 0.25) is 10.0 Å². The SMILES string of the molecule is CCCCC(=O)NC1CCCCC1.CCN1CCN(c2cccc(Cl)c2Cl)CC1. The first-order valence-corrected chi connectivity index (χ1v) is 12.0. The van der Waals surface area contributed by atoms with Crippen molar-refractivity contribution in [3.8, 4) is 0 Å². The van der Waals surface area contributed by atoms with Crippen molar-refractivity contribution in [2.24, 2.45) is 0 Å². The van der Waals surface area contributed by atoms with Crippen LogP contribution < -0.4 is 10.2 Å². The molecular weight excluding hydrogens is 405 g/mol. The van der Waals surface area contributed by atoms with Gasteiger partial charge in [0.1, 0.15) is 0 Å². The highest BCUT2D eigenvalue weighted by molar-refractivity contribution is 6.43. The number of carbonyl (C=O) groups excluding carboxylic acids is 1. The minimum Gasteiger partial charge on any atom is -0.368 e. The Morgan fingerprint density at radius 1 is 1.07 bits per heavy atom. The van der Waals surface area contributed by atoms with E-state index in [0.29, 0.717) is 22.5 Å². The summed E-state index contributed by atoms with van der Waals surface area (Å²) in [6.07, 6.45) is 9.16. The molecule has 0 atom stereocenters. The van der Waals surface area contributed by atoms with Crippen molar-refractivity contribution in [2.45, 2.75) is 71.3 Å². The van der Waals surface area contributed by atoms with E-state index in [1.54, 1.807) is 0 Å². The molecule has 1 saturated carbocycles. The Morgan fingerprint density at radius 2 is 1.76 bits per heavy atom. The van der Waals surface area contributed by atoms with Crippen LogP contribution in [-0.2, 0) is 4.79 Å². The second-order valence-electron chi connectivity index (χ2n) is 8.00. The number of anilines is 1. The highest BCUT2D eigenvalue weighted by atomic mass is 35.5. The van der Waals surface area contributed by atoms with Gasteiger partial charge in [0.25, 0.3) is 0 Å². The molecule has 4 nitrogen and oxygen atoms in total. The Hall–Kier alpha value is -0.970. The maximum absolute atomic E-state index is 11.4. The molecule has 0 aromatic heterocycles. The fraction of sp³-hybridized carbons (Fsp3) is 0.696. The van der Waals surface area contributed by atoms with Crippen LogP contribution in [-0.4, -0.2) is 49.6 Å². The van der Waals surface area contributed by atoms with Gasteiger partial charge in [0.2, 0.25) is 5.91 Å². The van der Waals surface area contributed by atoms with E-state index in [0.717, 1.165) is 51.3 Å². The van der Waals surface area contributed by atoms with Crippen molar-refractivity contribution in [1.29, 1.82) is 0 Å². The molecule has 3 rings (SSSR count). The lowest BCUT2D eigenvalue weighted by Crippen LogP contribution is -2.46. The summed E-state index contributed by atoms with van der Waals surface area (Å²) >= 11 is 12.2. The number of unbranched alkanes of at least 4 members (excludes halogenated alkanes) is 1. The fourth-order valence-corrected chi connectivity index (χ4v) is 4.34. The van der Waals surface area contributed by atoms with Crippen molar-refractivity contribution >= 4 is 34.8 Å². The largest absolute Gasteiger partial charge is 0.368 e. The highest BCUT2D eigenvalue weighted by Crippen LogP contribution is 2.32. The van der Waals surface area contributed by atoms with Crippen LogP contribution in [0.5, 0.6) is 0 Å². The van der Waals surface area contributed by atoms with E-state index >= 15 is 0 Å². The first-order chi connectivity index (χ1) is 14.0. The van der Waals surface area contributed by atoms with Gasteiger partial charge in [0.05, 0.1) is 15.7 Å². The fourth-order valence-electron chi connectivity index (χ4n) is 3.93. The summed E-state index contributed by atoms with van der Waals surface area (Å²) in [5.41, 5.74) is 1.06. The molecule has 6 heteroatoms. The van der Waals surface area contributed by atoms with Crippen molar-refractivity contribution in [3.05, 3.63) is 28.2 Å². The second-order valence-corrected chi connectivity index (χ2v) is 8.79. The summed E-state index contributed by atoms with van der Waals surface area (Å²) < 4.78 is 0. The van der Waals surface area contributed by atoms with Gasteiger partial charge in [-0.3, -0.25) is 4.79 Å². The lowest BCUT2D eigenvalue weighted by molar-refractivity contribution is -0.122. The quantitative estimate of drug-likeness (QED) is 0.608. The molecule has 2 fully saturated rings. The van der Waals surface area contributed by atoms with Gasteiger partial charge in [0, 0.05) is 38.6 Å². The van der Waals surface area contributed by atoms with Crippen LogP contribution in [0.3, 0.4) is 0 Å². The minimum absolute atomic E-state index is 0.258. The molecule has 1 heterocycles. The number of hydrogen-bond donors (Lipinski definition) is 1. The Morgan fingerprint density at radius 3 is 2.38 bits per heavy atom. The summed E-state index contributed by atoms with van der Waals surface area (Å²) in [5.74, 6) is 0.258. The smallest absolute Gasteiger partial charge is 0.220 e. The summed E-state index contributed by atoms with van der Waals surface area (Å²) in [6.45, 7) is 9.67. The number of amides is 1. The average Bonchev–Trinajstić information content (AvgIpc) is 2.75. The minimum atomic E-state index is 0.258. The van der Waals surface area contributed by atoms with Gasteiger partial charge in [-0.2, -0.15) is 0 Å². The first kappa shape index (κ1) is 24.3. The Bertz CT molecular complexity index is 612. The van der Waals surface area contributed by atoms with Crippen LogP contribution in [0.1, 0.15) is 65.2 Å². The molecular formula is C23H37Cl2N3O. The number of benzene rings is 1. The molecule has 1 N–H and O–H groups in total. The lowest BCUT2D eigenvalue weighted by atomic mass is 9.95. The number of carbonyl (C=O) groups is 1. The topological polar surface area (TPSA) is 35.6 Å². The van der Waals surface area contributed by atoms with E-state index in [9.17, 15) is 4.79 Å². The standard InChI is InChI=1S/C12H16Cl2N2.C11H21NO/c1-2-15-6-8-16(9-7-15)11-5-3-4-10(13)12(11)14;1-2-3-9-11(13)12-10-7-5-4-6-8-10/h3-5H,2,6-9H2,1H3;10H,2-9H2,1H3,(H,12,13). The van der Waals surface area contributed by atoms with E-state index < -0.39 is 0 Å². The molecule has 164 valence electrons. The lowest BCUT2D eigenvalue weighted by Gasteiger charge is -2.36. The number of hydrogen-bond acceptors (Lipinski definition) is 3. The van der Waals surface area contributed by atoms with Gasteiger partial charge < -0.3 is 15.1 Å². The van der Waals surface area contributed by atoms with Gasteiger partial charge in [-0.1, -0.05) is 68.8 Å². The summed E-state index contributed by atoms with van der Waals surface area (Å²) in [7, 11) is 0. The van der Waals surface area contributed by atoms with Crippen molar-refractivity contribution in [2.75, 3.05) is 37.6 Å². The van der Waals surface area contributed by atoms with Crippen LogP contribution >= 0.6 is 23.2 Å². The number of rotatable bonds is 6. The zero-order valence-electron chi connectivity index (χ0n) is 18.1. The Kier molecular flexibility index (Phi) is 11.2. The molecule has 1 amide bonds. The molecule has 0 unspecified atom stereocenters. The number of nitrogens with one attached hydrogen (secondary N) is 1. The molecule has 2 aliphatic rings. The number of likely N-dealkylation sites (N-methyl/N-ethyl adjacent to an activating group) is 1. The number of nitrogens with zero attached hydrogens (tertiary/aromatic N) is 2. The highest BCUT2D eigenvalue weighted by Gasteiger charge is 2.18. The van der Waals surface area contributed by atoms with Crippen molar-refractivity contribution < 1.29 is 4.79 Å². The summed E-state index contributed by atoms with van der Waals surface area (Å²) in [5, 5.41) is 4.43. The zero-order valence-corrected chi connectivity index (χ0v) is 19.6. The third-order valence-corrected chi connectivity index (χ3v) is 6.63. The molecule has 1 aliphatic heterocycles. The van der Waals surface area contributed by atoms with E-state index in [-0.39, 0.29) is 5.91 Å². The van der Waals surface area contributed by atoms with Gasteiger partial charge in [-0.05, 0) is 37.9 Å². The first-order valence-electron chi connectivity index (χ1n) is 11.3. The second kappa shape index (κ2) is 13.4. The number of halogens is 2. The van der Waals surface area contributed by atoms with Gasteiger partial charge in [-0.25, -0.2) is 0 Å². The Labute approximate surface area is 186 Å². The van der Waals surface area contributed by atoms with Gasteiger partial charge in [0.15, 0.2) is 0 Å². The molecule has 0 bridgehead atoms. The van der Waals surface area contributed by atoms with E-state index in [4.69, 9.17) is 23.2 Å².